The van der Waals surface area contributed by atoms with Crippen LogP contribution in [-0.4, -0.2) is 41.5 Å². The topological polar surface area (TPSA) is 106 Å². The van der Waals surface area contributed by atoms with Gasteiger partial charge in [0.2, 0.25) is 5.91 Å². The first-order valence-electron chi connectivity index (χ1n) is 6.58. The molecule has 0 aromatic carbocycles. The van der Waals surface area contributed by atoms with E-state index in [1.165, 1.54) is 0 Å². The van der Waals surface area contributed by atoms with Crippen LogP contribution in [0.15, 0.2) is 5.11 Å². The molecule has 2 fully saturated rings. The zero-order valence-corrected chi connectivity index (χ0v) is 10.8. The van der Waals surface area contributed by atoms with Gasteiger partial charge in [0.15, 0.2) is 0 Å². The maximum Gasteiger partial charge on any atom is 0.306 e. The Morgan fingerprint density at radius 2 is 2.00 bits per heavy atom. The van der Waals surface area contributed by atoms with Crippen molar-refractivity contribution in [1.29, 1.82) is 0 Å². The molecule has 0 radical (unpaired) electrons. The molecule has 0 aromatic rings. The largest absolute Gasteiger partial charge is 0.481 e. The lowest BCUT2D eigenvalue weighted by Crippen LogP contribution is -2.50. The quantitative estimate of drug-likeness (QED) is 0.476. The number of azide groups is 1. The van der Waals surface area contributed by atoms with Crippen LogP contribution < -0.4 is 0 Å². The molecule has 0 atom stereocenters. The number of aliphatic carboxylic acids is 1. The van der Waals surface area contributed by atoms with Crippen molar-refractivity contribution in [3.63, 3.8) is 0 Å². The van der Waals surface area contributed by atoms with Crippen LogP contribution in [0.1, 0.15) is 32.1 Å². The van der Waals surface area contributed by atoms with Crippen LogP contribution in [-0.2, 0) is 9.59 Å². The van der Waals surface area contributed by atoms with Crippen LogP contribution in [0.25, 0.3) is 10.4 Å². The molecule has 1 saturated carbocycles. The standard InChI is InChI=1S/C12H18N4O3/c13-15-14-4-1-10(17)16-5-2-12(3-6-16)7-9(8-12)11(18)19/h9H,1-8H2,(H,18,19). The van der Waals surface area contributed by atoms with Crippen LogP contribution in [0.3, 0.4) is 0 Å². The number of rotatable bonds is 4. The highest BCUT2D eigenvalue weighted by Crippen LogP contribution is 2.52. The first-order chi connectivity index (χ1) is 9.06. The Kier molecular flexibility index (Phi) is 3.95. The molecular weight excluding hydrogens is 248 g/mol. The van der Waals surface area contributed by atoms with Crippen molar-refractivity contribution in [1.82, 2.24) is 4.90 Å². The third kappa shape index (κ3) is 2.98. The predicted octanol–water partition coefficient (Wildman–Crippen LogP) is 1.79. The molecule has 7 nitrogen and oxygen atoms in total. The molecule has 1 amide bonds. The summed E-state index contributed by atoms with van der Waals surface area (Å²) in [6.07, 6.45) is 3.55. The van der Waals surface area contributed by atoms with Crippen LogP contribution in [0.2, 0.25) is 0 Å². The van der Waals surface area contributed by atoms with Gasteiger partial charge in [-0.1, -0.05) is 5.11 Å². The fraction of sp³-hybridized carbons (Fsp3) is 0.833. The van der Waals surface area contributed by atoms with Crippen molar-refractivity contribution in [2.75, 3.05) is 19.6 Å². The maximum absolute atomic E-state index is 11.8. The molecule has 2 rings (SSSR count). The van der Waals surface area contributed by atoms with Gasteiger partial charge < -0.3 is 10.0 Å². The van der Waals surface area contributed by atoms with Gasteiger partial charge in [-0.05, 0) is 36.6 Å². The van der Waals surface area contributed by atoms with E-state index in [0.717, 1.165) is 25.7 Å². The number of carbonyl (C=O) groups excluding carboxylic acids is 1. The summed E-state index contributed by atoms with van der Waals surface area (Å²) in [5.74, 6) is -0.859. The van der Waals surface area contributed by atoms with E-state index >= 15 is 0 Å². The number of carboxylic acid groups (broad SMARTS) is 1. The fourth-order valence-electron chi connectivity index (χ4n) is 3.15. The SMILES string of the molecule is [N-]=[N+]=NCCC(=O)N1CCC2(CC1)CC(C(=O)O)C2. The number of carbonyl (C=O) groups is 2. The second-order valence-corrected chi connectivity index (χ2v) is 5.53. The third-order valence-corrected chi connectivity index (χ3v) is 4.37. The molecule has 1 heterocycles. The summed E-state index contributed by atoms with van der Waals surface area (Å²) in [6.45, 7) is 1.60. The molecule has 2 aliphatic rings. The average molecular weight is 266 g/mol. The van der Waals surface area contributed by atoms with Gasteiger partial charge in [0.1, 0.15) is 0 Å². The van der Waals surface area contributed by atoms with Gasteiger partial charge in [-0.25, -0.2) is 0 Å². The molecule has 1 N–H and O–H groups in total. The summed E-state index contributed by atoms with van der Waals surface area (Å²) in [5, 5.41) is 12.3. The van der Waals surface area contributed by atoms with Crippen LogP contribution in [0.4, 0.5) is 0 Å². The summed E-state index contributed by atoms with van der Waals surface area (Å²) >= 11 is 0. The van der Waals surface area contributed by atoms with Crippen LogP contribution >= 0.6 is 0 Å². The van der Waals surface area contributed by atoms with Gasteiger partial charge in [0.05, 0.1) is 5.92 Å². The minimum Gasteiger partial charge on any atom is -0.481 e. The lowest BCUT2D eigenvalue weighted by atomic mass is 9.57. The second-order valence-electron chi connectivity index (χ2n) is 5.53. The Balaban J connectivity index is 1.75. The molecule has 0 unspecified atom stereocenters. The van der Waals surface area contributed by atoms with Gasteiger partial charge in [0.25, 0.3) is 0 Å². The minimum absolute atomic E-state index is 0.0244. The van der Waals surface area contributed by atoms with E-state index in [9.17, 15) is 9.59 Å². The summed E-state index contributed by atoms with van der Waals surface area (Å²) < 4.78 is 0. The molecule has 1 aliphatic heterocycles. The van der Waals surface area contributed by atoms with Crippen molar-refractivity contribution in [3.05, 3.63) is 10.4 Å². The Hall–Kier alpha value is -1.75. The molecular formula is C12H18N4O3. The number of hydrogen-bond donors (Lipinski definition) is 1. The first-order valence-corrected chi connectivity index (χ1v) is 6.58. The number of carboxylic acids is 1. The highest BCUT2D eigenvalue weighted by Gasteiger charge is 2.48. The van der Waals surface area contributed by atoms with Gasteiger partial charge in [-0.3, -0.25) is 9.59 Å². The van der Waals surface area contributed by atoms with Crippen LogP contribution in [0, 0.1) is 11.3 Å². The molecule has 1 aliphatic carbocycles. The highest BCUT2D eigenvalue weighted by molar-refractivity contribution is 5.76. The normalized spacial score (nSPS) is 21.6. The summed E-state index contributed by atoms with van der Waals surface area (Å²) in [6, 6.07) is 0. The molecule has 0 aromatic heterocycles. The van der Waals surface area contributed by atoms with Crippen molar-refractivity contribution in [2.45, 2.75) is 32.1 Å². The monoisotopic (exact) mass is 266 g/mol. The summed E-state index contributed by atoms with van der Waals surface area (Å²) in [4.78, 5) is 27.1. The van der Waals surface area contributed by atoms with E-state index in [2.05, 4.69) is 10.0 Å². The second kappa shape index (κ2) is 5.48. The fourth-order valence-corrected chi connectivity index (χ4v) is 3.15. The van der Waals surface area contributed by atoms with Gasteiger partial charge in [0, 0.05) is 31.0 Å². The van der Waals surface area contributed by atoms with E-state index in [1.807, 2.05) is 0 Å². The van der Waals surface area contributed by atoms with Crippen molar-refractivity contribution >= 4 is 11.9 Å². The van der Waals surface area contributed by atoms with Gasteiger partial charge in [-0.15, -0.1) is 0 Å². The average Bonchev–Trinajstić information content (AvgIpc) is 2.36. The molecule has 0 bridgehead atoms. The molecule has 1 spiro atoms. The number of hydrogen-bond acceptors (Lipinski definition) is 3. The zero-order chi connectivity index (χ0) is 13.9. The molecule has 104 valence electrons. The number of likely N-dealkylation sites (tertiary alicyclic amines) is 1. The Bertz CT molecular complexity index is 415. The van der Waals surface area contributed by atoms with Crippen molar-refractivity contribution < 1.29 is 14.7 Å². The number of nitrogens with zero attached hydrogens (tertiary/aromatic N) is 4. The first kappa shape index (κ1) is 13.7. The van der Waals surface area contributed by atoms with Gasteiger partial charge >= 0.3 is 5.97 Å². The molecule has 7 heteroatoms. The number of piperidine rings is 1. The van der Waals surface area contributed by atoms with E-state index in [1.54, 1.807) is 4.90 Å². The van der Waals surface area contributed by atoms with E-state index < -0.39 is 5.97 Å². The molecule has 19 heavy (non-hydrogen) atoms. The lowest BCUT2D eigenvalue weighted by molar-refractivity contribution is -0.154. The third-order valence-electron chi connectivity index (χ3n) is 4.37. The summed E-state index contributed by atoms with van der Waals surface area (Å²) in [7, 11) is 0. The molecule has 1 saturated heterocycles. The Morgan fingerprint density at radius 3 is 2.53 bits per heavy atom. The smallest absolute Gasteiger partial charge is 0.306 e. The van der Waals surface area contributed by atoms with Crippen LogP contribution in [0.5, 0.6) is 0 Å². The van der Waals surface area contributed by atoms with Crippen molar-refractivity contribution in [3.8, 4) is 0 Å². The predicted molar refractivity (Wildman–Crippen MR) is 67.2 cm³/mol. The Labute approximate surface area is 111 Å². The van der Waals surface area contributed by atoms with Crippen molar-refractivity contribution in [2.24, 2.45) is 16.4 Å². The zero-order valence-electron chi connectivity index (χ0n) is 10.8. The number of amides is 1. The lowest BCUT2D eigenvalue weighted by Gasteiger charge is -2.50. The highest BCUT2D eigenvalue weighted by atomic mass is 16.4. The van der Waals surface area contributed by atoms with E-state index in [0.29, 0.717) is 13.1 Å². The van der Waals surface area contributed by atoms with Gasteiger partial charge in [-0.2, -0.15) is 0 Å². The maximum atomic E-state index is 11.8. The minimum atomic E-state index is -0.696. The summed E-state index contributed by atoms with van der Waals surface area (Å²) in [5.41, 5.74) is 8.31. The van der Waals surface area contributed by atoms with E-state index in [4.69, 9.17) is 10.6 Å². The Morgan fingerprint density at radius 1 is 1.37 bits per heavy atom. The van der Waals surface area contributed by atoms with E-state index in [-0.39, 0.29) is 30.2 Å².